The van der Waals surface area contributed by atoms with Gasteiger partial charge in [-0.2, -0.15) is 0 Å². The van der Waals surface area contributed by atoms with Crippen LogP contribution in [-0.2, 0) is 6.42 Å². The van der Waals surface area contributed by atoms with Crippen LogP contribution < -0.4 is 4.74 Å². The Morgan fingerprint density at radius 1 is 1.43 bits per heavy atom. The molecule has 1 fully saturated rings. The van der Waals surface area contributed by atoms with E-state index in [9.17, 15) is 4.39 Å². The van der Waals surface area contributed by atoms with Crippen molar-refractivity contribution in [3.05, 3.63) is 29.6 Å². The molecule has 1 N–H and O–H groups in total. The number of benzene rings is 1. The van der Waals surface area contributed by atoms with Gasteiger partial charge in [-0.25, -0.2) is 4.39 Å². The van der Waals surface area contributed by atoms with Crippen molar-refractivity contribution in [2.24, 2.45) is 0 Å². The van der Waals surface area contributed by atoms with Gasteiger partial charge < -0.3 is 9.84 Å². The molecule has 0 saturated heterocycles. The molecule has 1 saturated carbocycles. The fourth-order valence-corrected chi connectivity index (χ4v) is 1.34. The average molecular weight is 196 g/mol. The number of aliphatic hydroxyl groups excluding tert-OH is 1. The molecule has 0 spiro atoms. The van der Waals surface area contributed by atoms with Gasteiger partial charge in [0.15, 0.2) is 0 Å². The van der Waals surface area contributed by atoms with Gasteiger partial charge in [-0.3, -0.25) is 0 Å². The van der Waals surface area contributed by atoms with Gasteiger partial charge in [-0.15, -0.1) is 0 Å². The lowest BCUT2D eigenvalue weighted by Crippen LogP contribution is -2.01. The summed E-state index contributed by atoms with van der Waals surface area (Å²) in [6, 6.07) is 4.45. The molecule has 3 heteroatoms. The fraction of sp³-hybridized carbons (Fsp3) is 0.455. The molecule has 1 aliphatic rings. The Balaban J connectivity index is 2.17. The molecule has 2 nitrogen and oxygen atoms in total. The summed E-state index contributed by atoms with van der Waals surface area (Å²) in [4.78, 5) is 0. The smallest absolute Gasteiger partial charge is 0.123 e. The molecular weight excluding hydrogens is 183 g/mol. The highest BCUT2D eigenvalue weighted by atomic mass is 19.1. The van der Waals surface area contributed by atoms with Gasteiger partial charge in [0.25, 0.3) is 0 Å². The van der Waals surface area contributed by atoms with Crippen molar-refractivity contribution in [1.82, 2.24) is 0 Å². The van der Waals surface area contributed by atoms with Crippen LogP contribution in [0.25, 0.3) is 0 Å². The first-order valence-corrected chi connectivity index (χ1v) is 4.85. The standard InChI is InChI=1S/C11H13FO2/c12-9-1-4-11(14-10-2-3-10)8(7-9)5-6-13/h1,4,7,10,13H,2-3,5-6H2. The molecule has 0 amide bonds. The minimum absolute atomic E-state index is 0.0183. The molecule has 14 heavy (non-hydrogen) atoms. The molecule has 0 aromatic heterocycles. The normalized spacial score (nSPS) is 15.6. The summed E-state index contributed by atoms with van der Waals surface area (Å²) in [6.45, 7) is 0.0183. The second-order valence-corrected chi connectivity index (χ2v) is 3.54. The molecule has 1 aromatic rings. The van der Waals surface area contributed by atoms with Crippen LogP contribution in [0.15, 0.2) is 18.2 Å². The third-order valence-electron chi connectivity index (χ3n) is 2.22. The molecule has 0 bridgehead atoms. The molecule has 76 valence electrons. The van der Waals surface area contributed by atoms with Crippen molar-refractivity contribution in [1.29, 1.82) is 0 Å². The van der Waals surface area contributed by atoms with E-state index in [0.717, 1.165) is 18.4 Å². The minimum atomic E-state index is -0.281. The number of ether oxygens (including phenoxy) is 1. The zero-order valence-electron chi connectivity index (χ0n) is 7.87. The van der Waals surface area contributed by atoms with Crippen LogP contribution in [0.4, 0.5) is 4.39 Å². The van der Waals surface area contributed by atoms with E-state index in [4.69, 9.17) is 9.84 Å². The van der Waals surface area contributed by atoms with Crippen molar-refractivity contribution in [3.63, 3.8) is 0 Å². The highest BCUT2D eigenvalue weighted by molar-refractivity contribution is 5.34. The van der Waals surface area contributed by atoms with Crippen LogP contribution in [0.2, 0.25) is 0 Å². The van der Waals surface area contributed by atoms with Crippen LogP contribution in [0.5, 0.6) is 5.75 Å². The molecule has 1 aliphatic carbocycles. The molecule has 0 aliphatic heterocycles. The van der Waals surface area contributed by atoms with E-state index < -0.39 is 0 Å². The molecule has 1 aromatic carbocycles. The first-order chi connectivity index (χ1) is 6.79. The zero-order valence-corrected chi connectivity index (χ0v) is 7.87. The summed E-state index contributed by atoms with van der Waals surface area (Å²) in [5, 5.41) is 8.81. The molecular formula is C11H13FO2. The fourth-order valence-electron chi connectivity index (χ4n) is 1.34. The van der Waals surface area contributed by atoms with E-state index in [1.807, 2.05) is 0 Å². The Morgan fingerprint density at radius 2 is 2.21 bits per heavy atom. The number of hydrogen-bond donors (Lipinski definition) is 1. The largest absolute Gasteiger partial charge is 0.490 e. The maximum atomic E-state index is 12.9. The third-order valence-corrected chi connectivity index (χ3v) is 2.22. The second kappa shape index (κ2) is 3.96. The third kappa shape index (κ3) is 2.23. The number of hydrogen-bond acceptors (Lipinski definition) is 2. The summed E-state index contributed by atoms with van der Waals surface area (Å²) in [6.07, 6.45) is 2.91. The predicted octanol–water partition coefficient (Wildman–Crippen LogP) is 1.90. The topological polar surface area (TPSA) is 29.5 Å². The van der Waals surface area contributed by atoms with E-state index >= 15 is 0 Å². The zero-order chi connectivity index (χ0) is 9.97. The lowest BCUT2D eigenvalue weighted by molar-refractivity contribution is 0.282. The second-order valence-electron chi connectivity index (χ2n) is 3.54. The molecule has 2 rings (SSSR count). The molecule has 0 heterocycles. The van der Waals surface area contributed by atoms with Crippen LogP contribution >= 0.6 is 0 Å². The van der Waals surface area contributed by atoms with Crippen LogP contribution in [0.1, 0.15) is 18.4 Å². The van der Waals surface area contributed by atoms with Crippen molar-refractivity contribution in [3.8, 4) is 5.75 Å². The van der Waals surface area contributed by atoms with Crippen molar-refractivity contribution >= 4 is 0 Å². The van der Waals surface area contributed by atoms with E-state index in [1.54, 1.807) is 6.07 Å². The molecule has 0 radical (unpaired) electrons. The first kappa shape index (κ1) is 9.46. The molecule has 0 unspecified atom stereocenters. The van der Waals surface area contributed by atoms with E-state index in [-0.39, 0.29) is 12.4 Å². The Bertz CT molecular complexity index is 321. The lowest BCUT2D eigenvalue weighted by atomic mass is 10.1. The minimum Gasteiger partial charge on any atom is -0.490 e. The van der Waals surface area contributed by atoms with Crippen LogP contribution in [0.3, 0.4) is 0 Å². The van der Waals surface area contributed by atoms with E-state index in [0.29, 0.717) is 18.3 Å². The number of aliphatic hydroxyl groups is 1. The Morgan fingerprint density at radius 3 is 2.86 bits per heavy atom. The maximum Gasteiger partial charge on any atom is 0.123 e. The van der Waals surface area contributed by atoms with Gasteiger partial charge in [-0.05, 0) is 43.0 Å². The highest BCUT2D eigenvalue weighted by Gasteiger charge is 2.24. The predicted molar refractivity (Wildman–Crippen MR) is 50.8 cm³/mol. The summed E-state index contributed by atoms with van der Waals surface area (Å²) in [7, 11) is 0. The Kier molecular flexibility index (Phi) is 2.68. The summed E-state index contributed by atoms with van der Waals surface area (Å²) < 4.78 is 18.5. The van der Waals surface area contributed by atoms with Gasteiger partial charge in [-0.1, -0.05) is 0 Å². The first-order valence-electron chi connectivity index (χ1n) is 4.85. The van der Waals surface area contributed by atoms with E-state index in [2.05, 4.69) is 0 Å². The lowest BCUT2D eigenvalue weighted by Gasteiger charge is -2.09. The summed E-state index contributed by atoms with van der Waals surface area (Å²) in [5.41, 5.74) is 0.749. The van der Waals surface area contributed by atoms with Crippen LogP contribution in [-0.4, -0.2) is 17.8 Å². The average Bonchev–Trinajstić information content (AvgIpc) is 2.94. The molecule has 0 atom stereocenters. The SMILES string of the molecule is OCCc1cc(F)ccc1OC1CC1. The van der Waals surface area contributed by atoms with Crippen molar-refractivity contribution in [2.75, 3.05) is 6.61 Å². The maximum absolute atomic E-state index is 12.9. The van der Waals surface area contributed by atoms with E-state index in [1.165, 1.54) is 12.1 Å². The van der Waals surface area contributed by atoms with Crippen LogP contribution in [0, 0.1) is 5.82 Å². The number of halogens is 1. The quantitative estimate of drug-likeness (QED) is 0.797. The Hall–Kier alpha value is -1.09. The summed E-state index contributed by atoms with van der Waals surface area (Å²) >= 11 is 0. The van der Waals surface area contributed by atoms with Gasteiger partial charge in [0.05, 0.1) is 6.10 Å². The van der Waals surface area contributed by atoms with Gasteiger partial charge >= 0.3 is 0 Å². The van der Waals surface area contributed by atoms with Gasteiger partial charge in [0, 0.05) is 6.61 Å². The summed E-state index contributed by atoms with van der Waals surface area (Å²) in [5.74, 6) is 0.430. The van der Waals surface area contributed by atoms with Crippen molar-refractivity contribution < 1.29 is 14.2 Å². The Labute approximate surface area is 82.3 Å². The highest BCUT2D eigenvalue weighted by Crippen LogP contribution is 2.29. The van der Waals surface area contributed by atoms with Crippen molar-refractivity contribution in [2.45, 2.75) is 25.4 Å². The monoisotopic (exact) mass is 196 g/mol. The van der Waals surface area contributed by atoms with Gasteiger partial charge in [0.2, 0.25) is 0 Å². The number of rotatable bonds is 4. The van der Waals surface area contributed by atoms with Gasteiger partial charge in [0.1, 0.15) is 11.6 Å².